The first-order valence-electron chi connectivity index (χ1n) is 6.41. The number of likely N-dealkylation sites (tertiary alicyclic amines) is 1. The lowest BCUT2D eigenvalue weighted by Crippen LogP contribution is -2.38. The van der Waals surface area contributed by atoms with E-state index in [0.29, 0.717) is 31.6 Å². The predicted octanol–water partition coefficient (Wildman–Crippen LogP) is 1.45. The summed E-state index contributed by atoms with van der Waals surface area (Å²) < 4.78 is 1.91. The molecule has 0 aromatic carbocycles. The molecular formula is C14H15N3O2. The first-order valence-corrected chi connectivity index (χ1v) is 6.41. The van der Waals surface area contributed by atoms with E-state index in [-0.39, 0.29) is 11.7 Å². The highest BCUT2D eigenvalue weighted by Gasteiger charge is 2.23. The molecule has 0 bridgehead atoms. The standard InChI is InChI=1S/C14H15N3O2/c1-10-3-2-4-13-15-12(9-17(10)13)14(19)16-7-5-11(18)6-8-16/h2-4,9H,5-8H2,1H3. The summed E-state index contributed by atoms with van der Waals surface area (Å²) in [7, 11) is 0. The Hall–Kier alpha value is -2.17. The van der Waals surface area contributed by atoms with Crippen molar-refractivity contribution in [1.29, 1.82) is 0 Å². The largest absolute Gasteiger partial charge is 0.336 e. The van der Waals surface area contributed by atoms with Gasteiger partial charge in [0.25, 0.3) is 5.91 Å². The highest BCUT2D eigenvalue weighted by atomic mass is 16.2. The molecule has 5 heteroatoms. The number of aryl methyl sites for hydroxylation is 1. The summed E-state index contributed by atoms with van der Waals surface area (Å²) in [5, 5.41) is 0. The molecule has 0 spiro atoms. The highest BCUT2D eigenvalue weighted by molar-refractivity contribution is 5.94. The minimum atomic E-state index is -0.0874. The van der Waals surface area contributed by atoms with Gasteiger partial charge in [0, 0.05) is 37.8 Å². The molecule has 19 heavy (non-hydrogen) atoms. The number of Topliss-reactive ketones (excluding diaryl/α,β-unsaturated/α-hetero) is 1. The monoisotopic (exact) mass is 257 g/mol. The van der Waals surface area contributed by atoms with E-state index in [1.54, 1.807) is 11.1 Å². The molecule has 2 aromatic rings. The van der Waals surface area contributed by atoms with Gasteiger partial charge in [-0.2, -0.15) is 0 Å². The summed E-state index contributed by atoms with van der Waals surface area (Å²) in [6.45, 7) is 2.98. The fourth-order valence-electron chi connectivity index (χ4n) is 2.37. The van der Waals surface area contributed by atoms with Crippen LogP contribution in [-0.2, 0) is 4.79 Å². The fraction of sp³-hybridized carbons (Fsp3) is 0.357. The second kappa shape index (κ2) is 4.50. The lowest BCUT2D eigenvalue weighted by Gasteiger charge is -2.25. The maximum atomic E-state index is 12.3. The number of rotatable bonds is 1. The lowest BCUT2D eigenvalue weighted by atomic mass is 10.1. The maximum Gasteiger partial charge on any atom is 0.274 e. The van der Waals surface area contributed by atoms with Crippen molar-refractivity contribution < 1.29 is 9.59 Å². The van der Waals surface area contributed by atoms with Crippen LogP contribution in [0.3, 0.4) is 0 Å². The van der Waals surface area contributed by atoms with E-state index in [0.717, 1.165) is 11.3 Å². The number of imidazole rings is 1. The van der Waals surface area contributed by atoms with Crippen LogP contribution in [0.4, 0.5) is 0 Å². The number of carbonyl (C=O) groups excluding carboxylic acids is 2. The van der Waals surface area contributed by atoms with Crippen molar-refractivity contribution in [3.05, 3.63) is 35.8 Å². The van der Waals surface area contributed by atoms with Crippen molar-refractivity contribution in [2.75, 3.05) is 13.1 Å². The van der Waals surface area contributed by atoms with Crippen LogP contribution in [-0.4, -0.2) is 39.1 Å². The number of amides is 1. The number of nitrogens with zero attached hydrogens (tertiary/aromatic N) is 3. The normalized spacial score (nSPS) is 16.1. The van der Waals surface area contributed by atoms with Crippen molar-refractivity contribution in [1.82, 2.24) is 14.3 Å². The second-order valence-electron chi connectivity index (χ2n) is 4.85. The Balaban J connectivity index is 1.89. The van der Waals surface area contributed by atoms with Crippen molar-refractivity contribution in [3.63, 3.8) is 0 Å². The number of carbonyl (C=O) groups is 2. The van der Waals surface area contributed by atoms with Crippen molar-refractivity contribution in [3.8, 4) is 0 Å². The average molecular weight is 257 g/mol. The molecule has 5 nitrogen and oxygen atoms in total. The Morgan fingerprint density at radius 2 is 2.00 bits per heavy atom. The van der Waals surface area contributed by atoms with Gasteiger partial charge < -0.3 is 9.30 Å². The van der Waals surface area contributed by atoms with E-state index in [2.05, 4.69) is 4.98 Å². The van der Waals surface area contributed by atoms with Crippen LogP contribution in [0.1, 0.15) is 29.0 Å². The van der Waals surface area contributed by atoms with Crippen molar-refractivity contribution in [2.45, 2.75) is 19.8 Å². The minimum absolute atomic E-state index is 0.0874. The number of pyridine rings is 1. The third kappa shape index (κ3) is 2.12. The SMILES string of the molecule is Cc1cccc2nc(C(=O)N3CCC(=O)CC3)cn12. The third-order valence-corrected chi connectivity index (χ3v) is 3.52. The van der Waals surface area contributed by atoms with Crippen molar-refractivity contribution >= 4 is 17.3 Å². The summed E-state index contributed by atoms with van der Waals surface area (Å²) in [6.07, 6.45) is 2.68. The van der Waals surface area contributed by atoms with Gasteiger partial charge in [0.2, 0.25) is 0 Å². The van der Waals surface area contributed by atoms with E-state index >= 15 is 0 Å². The summed E-state index contributed by atoms with van der Waals surface area (Å²) in [6, 6.07) is 5.78. The topological polar surface area (TPSA) is 54.7 Å². The van der Waals surface area contributed by atoms with Crippen LogP contribution in [0.15, 0.2) is 24.4 Å². The molecule has 1 saturated heterocycles. The average Bonchev–Trinajstić information content (AvgIpc) is 2.84. The Bertz CT molecular complexity index is 650. The van der Waals surface area contributed by atoms with Crippen LogP contribution < -0.4 is 0 Å². The molecule has 3 heterocycles. The molecule has 0 radical (unpaired) electrons. The first kappa shape index (κ1) is 11.9. The molecule has 0 atom stereocenters. The number of ketones is 1. The van der Waals surface area contributed by atoms with E-state index in [4.69, 9.17) is 0 Å². The molecule has 98 valence electrons. The Labute approximate surface area is 110 Å². The van der Waals surface area contributed by atoms with Gasteiger partial charge in [0.15, 0.2) is 0 Å². The molecule has 1 fully saturated rings. The number of hydrogen-bond acceptors (Lipinski definition) is 3. The van der Waals surface area contributed by atoms with Crippen molar-refractivity contribution in [2.24, 2.45) is 0 Å². The lowest BCUT2D eigenvalue weighted by molar-refractivity contribution is -0.120. The van der Waals surface area contributed by atoms with Crippen LogP contribution in [0, 0.1) is 6.92 Å². The fourth-order valence-corrected chi connectivity index (χ4v) is 2.37. The molecule has 1 aliphatic rings. The van der Waals surface area contributed by atoms with Gasteiger partial charge in [-0.15, -0.1) is 0 Å². The molecule has 1 amide bonds. The van der Waals surface area contributed by atoms with Gasteiger partial charge >= 0.3 is 0 Å². The molecular weight excluding hydrogens is 242 g/mol. The predicted molar refractivity (Wildman–Crippen MR) is 70.1 cm³/mol. The highest BCUT2D eigenvalue weighted by Crippen LogP contribution is 2.13. The van der Waals surface area contributed by atoms with E-state index in [1.165, 1.54) is 0 Å². The minimum Gasteiger partial charge on any atom is -0.336 e. The Kier molecular flexibility index (Phi) is 2.81. The van der Waals surface area contributed by atoms with Crippen LogP contribution in [0.25, 0.3) is 5.65 Å². The second-order valence-corrected chi connectivity index (χ2v) is 4.85. The number of hydrogen-bond donors (Lipinski definition) is 0. The zero-order valence-electron chi connectivity index (χ0n) is 10.8. The maximum absolute atomic E-state index is 12.3. The van der Waals surface area contributed by atoms with E-state index in [9.17, 15) is 9.59 Å². The van der Waals surface area contributed by atoms with Gasteiger partial charge in [-0.25, -0.2) is 4.98 Å². The third-order valence-electron chi connectivity index (χ3n) is 3.52. The van der Waals surface area contributed by atoms with Gasteiger partial charge in [0.1, 0.15) is 17.1 Å². The molecule has 2 aromatic heterocycles. The molecule has 3 rings (SSSR count). The van der Waals surface area contributed by atoms with Crippen LogP contribution in [0.5, 0.6) is 0 Å². The smallest absolute Gasteiger partial charge is 0.274 e. The zero-order valence-corrected chi connectivity index (χ0v) is 10.8. The molecule has 0 aliphatic carbocycles. The van der Waals surface area contributed by atoms with Gasteiger partial charge in [0.05, 0.1) is 0 Å². The first-order chi connectivity index (χ1) is 9.15. The summed E-state index contributed by atoms with van der Waals surface area (Å²) in [4.78, 5) is 29.6. The summed E-state index contributed by atoms with van der Waals surface area (Å²) in [5.74, 6) is 0.144. The quantitative estimate of drug-likeness (QED) is 0.777. The van der Waals surface area contributed by atoms with Gasteiger partial charge in [-0.3, -0.25) is 9.59 Å². The zero-order chi connectivity index (χ0) is 13.4. The number of aromatic nitrogens is 2. The Morgan fingerprint density at radius 3 is 2.68 bits per heavy atom. The molecule has 0 N–H and O–H groups in total. The molecule has 1 aliphatic heterocycles. The summed E-state index contributed by atoms with van der Waals surface area (Å²) >= 11 is 0. The molecule has 0 unspecified atom stereocenters. The van der Waals surface area contributed by atoms with Crippen LogP contribution >= 0.6 is 0 Å². The summed E-state index contributed by atoms with van der Waals surface area (Å²) in [5.41, 5.74) is 2.26. The molecule has 0 saturated carbocycles. The Morgan fingerprint density at radius 1 is 1.26 bits per heavy atom. The number of fused-ring (bicyclic) bond motifs is 1. The van der Waals surface area contributed by atoms with E-state index in [1.807, 2.05) is 29.5 Å². The van der Waals surface area contributed by atoms with E-state index < -0.39 is 0 Å². The number of piperidine rings is 1. The van der Waals surface area contributed by atoms with Gasteiger partial charge in [-0.05, 0) is 19.1 Å². The van der Waals surface area contributed by atoms with Crippen LogP contribution in [0.2, 0.25) is 0 Å². The van der Waals surface area contributed by atoms with Gasteiger partial charge in [-0.1, -0.05) is 6.07 Å².